The summed E-state index contributed by atoms with van der Waals surface area (Å²) in [6.45, 7) is 5.47. The smallest absolute Gasteiger partial charge is 0.317 e. The number of hydrogen-bond acceptors (Lipinski definition) is 2. The standard InChI is InChI=1S/C23H25ClN4O/c1-16-12-17(2)28(26-16)15-18-6-3-9-21(13-18)25-23(29)27-11-5-10-22(27)19-7-4-8-20(24)14-19/h3-4,6-9,12-14,22H,5,10-11,15H2,1-2H3,(H,25,29). The summed E-state index contributed by atoms with van der Waals surface area (Å²) in [6, 6.07) is 17.8. The molecular formula is C23H25ClN4O. The van der Waals surface area contributed by atoms with Crippen LogP contribution < -0.4 is 5.32 Å². The van der Waals surface area contributed by atoms with Crippen molar-refractivity contribution in [3.05, 3.63) is 82.1 Å². The van der Waals surface area contributed by atoms with Crippen LogP contribution in [0.3, 0.4) is 0 Å². The first-order valence-electron chi connectivity index (χ1n) is 9.93. The Morgan fingerprint density at radius 2 is 2.00 bits per heavy atom. The number of amides is 2. The van der Waals surface area contributed by atoms with Gasteiger partial charge in [-0.15, -0.1) is 0 Å². The molecule has 150 valence electrons. The number of hydrogen-bond donors (Lipinski definition) is 1. The molecule has 0 aliphatic carbocycles. The van der Waals surface area contributed by atoms with E-state index in [0.717, 1.165) is 47.6 Å². The lowest BCUT2D eigenvalue weighted by Crippen LogP contribution is -2.34. The zero-order valence-corrected chi connectivity index (χ0v) is 17.5. The summed E-state index contributed by atoms with van der Waals surface area (Å²) in [4.78, 5) is 14.9. The van der Waals surface area contributed by atoms with Crippen LogP contribution in [0.1, 0.15) is 41.4 Å². The van der Waals surface area contributed by atoms with E-state index in [1.165, 1.54) is 0 Å². The zero-order valence-electron chi connectivity index (χ0n) is 16.7. The van der Waals surface area contributed by atoms with Crippen LogP contribution in [0, 0.1) is 13.8 Å². The molecule has 6 heteroatoms. The van der Waals surface area contributed by atoms with E-state index in [4.69, 9.17) is 11.6 Å². The van der Waals surface area contributed by atoms with Crippen molar-refractivity contribution in [1.29, 1.82) is 0 Å². The molecule has 3 aromatic rings. The van der Waals surface area contributed by atoms with Gasteiger partial charge in [-0.2, -0.15) is 5.10 Å². The van der Waals surface area contributed by atoms with Crippen LogP contribution in [0.5, 0.6) is 0 Å². The predicted octanol–water partition coefficient (Wildman–Crippen LogP) is 5.57. The highest BCUT2D eigenvalue weighted by Crippen LogP contribution is 2.33. The molecule has 1 N–H and O–H groups in total. The Hall–Kier alpha value is -2.79. The number of carbonyl (C=O) groups is 1. The van der Waals surface area contributed by atoms with E-state index >= 15 is 0 Å². The van der Waals surface area contributed by atoms with Crippen LogP contribution in [-0.2, 0) is 6.54 Å². The van der Waals surface area contributed by atoms with E-state index in [0.29, 0.717) is 11.6 Å². The van der Waals surface area contributed by atoms with Gasteiger partial charge < -0.3 is 10.2 Å². The lowest BCUT2D eigenvalue weighted by atomic mass is 10.1. The van der Waals surface area contributed by atoms with Gasteiger partial charge in [-0.1, -0.05) is 35.9 Å². The first-order valence-corrected chi connectivity index (χ1v) is 10.3. The second kappa shape index (κ2) is 8.29. The summed E-state index contributed by atoms with van der Waals surface area (Å²) < 4.78 is 1.98. The van der Waals surface area contributed by atoms with Gasteiger partial charge in [-0.05, 0) is 68.1 Å². The molecule has 0 radical (unpaired) electrons. The quantitative estimate of drug-likeness (QED) is 0.613. The van der Waals surface area contributed by atoms with Crippen LogP contribution in [0.15, 0.2) is 54.6 Å². The van der Waals surface area contributed by atoms with Crippen LogP contribution in [0.2, 0.25) is 5.02 Å². The van der Waals surface area contributed by atoms with Gasteiger partial charge in [0.05, 0.1) is 18.3 Å². The van der Waals surface area contributed by atoms with Crippen molar-refractivity contribution >= 4 is 23.3 Å². The van der Waals surface area contributed by atoms with Crippen molar-refractivity contribution in [3.63, 3.8) is 0 Å². The Morgan fingerprint density at radius 1 is 1.17 bits per heavy atom. The molecule has 0 saturated carbocycles. The lowest BCUT2D eigenvalue weighted by molar-refractivity contribution is 0.207. The average Bonchev–Trinajstić information content (AvgIpc) is 3.29. The number of nitrogens with one attached hydrogen (secondary N) is 1. The highest BCUT2D eigenvalue weighted by Gasteiger charge is 2.30. The van der Waals surface area contributed by atoms with Gasteiger partial charge in [0.2, 0.25) is 0 Å². The fourth-order valence-electron chi connectivity index (χ4n) is 4.02. The molecule has 0 bridgehead atoms. The second-order valence-corrected chi connectivity index (χ2v) is 8.06. The largest absolute Gasteiger partial charge is 0.322 e. The molecule has 1 atom stereocenters. The van der Waals surface area contributed by atoms with Crippen molar-refractivity contribution in [2.24, 2.45) is 0 Å². The van der Waals surface area contributed by atoms with Crippen LogP contribution >= 0.6 is 11.6 Å². The lowest BCUT2D eigenvalue weighted by Gasteiger charge is -2.25. The van der Waals surface area contributed by atoms with Gasteiger partial charge in [-0.3, -0.25) is 4.68 Å². The van der Waals surface area contributed by atoms with Gasteiger partial charge in [0, 0.05) is 22.9 Å². The molecule has 1 aliphatic rings. The van der Waals surface area contributed by atoms with E-state index in [9.17, 15) is 4.79 Å². The van der Waals surface area contributed by atoms with Crippen molar-refractivity contribution in [3.8, 4) is 0 Å². The molecule has 1 aromatic heterocycles. The highest BCUT2D eigenvalue weighted by molar-refractivity contribution is 6.30. The van der Waals surface area contributed by atoms with Gasteiger partial charge in [0.1, 0.15) is 0 Å². The molecule has 2 amide bonds. The summed E-state index contributed by atoms with van der Waals surface area (Å²) in [5.41, 5.74) is 5.11. The summed E-state index contributed by atoms with van der Waals surface area (Å²) in [6.07, 6.45) is 1.94. The first-order chi connectivity index (χ1) is 14.0. The number of aryl methyl sites for hydroxylation is 2. The van der Waals surface area contributed by atoms with E-state index in [1.807, 2.05) is 59.0 Å². The molecule has 1 aliphatic heterocycles. The number of aromatic nitrogens is 2. The van der Waals surface area contributed by atoms with Gasteiger partial charge in [0.15, 0.2) is 0 Å². The third-order valence-corrected chi connectivity index (χ3v) is 5.60. The molecule has 2 aromatic carbocycles. The minimum atomic E-state index is -0.0734. The van der Waals surface area contributed by atoms with Crippen LogP contribution in [0.25, 0.3) is 0 Å². The topological polar surface area (TPSA) is 50.2 Å². The van der Waals surface area contributed by atoms with Crippen LogP contribution in [0.4, 0.5) is 10.5 Å². The Morgan fingerprint density at radius 3 is 2.76 bits per heavy atom. The number of nitrogens with zero attached hydrogens (tertiary/aromatic N) is 3. The molecule has 29 heavy (non-hydrogen) atoms. The van der Waals surface area contributed by atoms with Crippen LogP contribution in [-0.4, -0.2) is 27.3 Å². The van der Waals surface area contributed by atoms with Gasteiger partial charge in [0.25, 0.3) is 0 Å². The van der Waals surface area contributed by atoms with Crippen molar-refractivity contribution in [1.82, 2.24) is 14.7 Å². The Labute approximate surface area is 176 Å². The Kier molecular flexibility index (Phi) is 5.58. The molecule has 5 nitrogen and oxygen atoms in total. The average molecular weight is 409 g/mol. The van der Waals surface area contributed by atoms with E-state index in [1.54, 1.807) is 0 Å². The maximum atomic E-state index is 13.0. The summed E-state index contributed by atoms with van der Waals surface area (Å²) >= 11 is 6.15. The Balaban J connectivity index is 1.47. The van der Waals surface area contributed by atoms with Crippen molar-refractivity contribution in [2.45, 2.75) is 39.3 Å². The van der Waals surface area contributed by atoms with E-state index in [2.05, 4.69) is 29.5 Å². The summed E-state index contributed by atoms with van der Waals surface area (Å²) in [5, 5.41) is 8.29. The molecule has 0 spiro atoms. The maximum absolute atomic E-state index is 13.0. The third-order valence-electron chi connectivity index (χ3n) is 5.36. The molecular weight excluding hydrogens is 384 g/mol. The SMILES string of the molecule is Cc1cc(C)n(Cc2cccc(NC(=O)N3CCCC3c3cccc(Cl)c3)c2)n1. The summed E-state index contributed by atoms with van der Waals surface area (Å²) in [5.74, 6) is 0. The summed E-state index contributed by atoms with van der Waals surface area (Å²) in [7, 11) is 0. The minimum Gasteiger partial charge on any atom is -0.317 e. The zero-order chi connectivity index (χ0) is 20.4. The normalized spacial score (nSPS) is 16.2. The number of anilines is 1. The van der Waals surface area contributed by atoms with Gasteiger partial charge >= 0.3 is 6.03 Å². The molecule has 2 heterocycles. The predicted molar refractivity (Wildman–Crippen MR) is 116 cm³/mol. The number of carbonyl (C=O) groups excluding carboxylic acids is 1. The molecule has 1 saturated heterocycles. The molecule has 4 rings (SSSR count). The number of benzene rings is 2. The molecule has 1 fully saturated rings. The fourth-order valence-corrected chi connectivity index (χ4v) is 4.22. The monoisotopic (exact) mass is 408 g/mol. The van der Waals surface area contributed by atoms with E-state index in [-0.39, 0.29) is 12.1 Å². The third kappa shape index (κ3) is 4.46. The van der Waals surface area contributed by atoms with Crippen molar-refractivity contribution < 1.29 is 4.79 Å². The second-order valence-electron chi connectivity index (χ2n) is 7.62. The fraction of sp³-hybridized carbons (Fsp3) is 0.304. The maximum Gasteiger partial charge on any atom is 0.322 e. The number of urea groups is 1. The number of halogens is 1. The highest BCUT2D eigenvalue weighted by atomic mass is 35.5. The minimum absolute atomic E-state index is 0.0616. The first kappa shape index (κ1) is 19.5. The van der Waals surface area contributed by atoms with Crippen molar-refractivity contribution in [2.75, 3.05) is 11.9 Å². The molecule has 1 unspecified atom stereocenters. The van der Waals surface area contributed by atoms with Gasteiger partial charge in [-0.25, -0.2) is 4.79 Å². The Bertz CT molecular complexity index is 1030. The number of likely N-dealkylation sites (tertiary alicyclic amines) is 1. The van der Waals surface area contributed by atoms with E-state index < -0.39 is 0 Å². The number of rotatable bonds is 4.